The van der Waals surface area contributed by atoms with E-state index in [1.165, 1.54) is 30.4 Å². The zero-order valence-corrected chi connectivity index (χ0v) is 20.2. The van der Waals surface area contributed by atoms with Crippen molar-refractivity contribution < 1.29 is 19.1 Å². The molecule has 0 saturated carbocycles. The van der Waals surface area contributed by atoms with E-state index in [0.717, 1.165) is 23.7 Å². The Bertz CT molecular complexity index is 886. The van der Waals surface area contributed by atoms with E-state index in [1.54, 1.807) is 11.0 Å². The molecule has 4 rings (SSSR count). The van der Waals surface area contributed by atoms with Crippen LogP contribution in [-0.4, -0.2) is 51.9 Å². The molecule has 0 bridgehead atoms. The quantitative estimate of drug-likeness (QED) is 0.233. The summed E-state index contributed by atoms with van der Waals surface area (Å²) in [5.41, 5.74) is 0.854. The molecule has 1 aromatic rings. The maximum atomic E-state index is 12.7. The lowest BCUT2D eigenvalue weighted by atomic mass is 10.1. The van der Waals surface area contributed by atoms with Crippen LogP contribution in [0.2, 0.25) is 0 Å². The van der Waals surface area contributed by atoms with E-state index in [0.29, 0.717) is 40.2 Å². The van der Waals surface area contributed by atoms with Gasteiger partial charge in [0.1, 0.15) is 4.32 Å². The van der Waals surface area contributed by atoms with E-state index in [9.17, 15) is 9.59 Å². The topological polar surface area (TPSA) is 67.9 Å². The molecule has 2 amide bonds. The molecule has 1 aromatic carbocycles. The number of nitrogens with one attached hydrogen (secondary N) is 1. The number of fused-ring (bicyclic) bond motifs is 1. The Morgan fingerprint density at radius 1 is 1.29 bits per heavy atom. The van der Waals surface area contributed by atoms with Crippen LogP contribution in [0.4, 0.5) is 0 Å². The first-order valence-corrected chi connectivity index (χ1v) is 13.9. The van der Waals surface area contributed by atoms with Crippen molar-refractivity contribution in [3.8, 4) is 11.5 Å². The number of thioether (sulfide) groups is 1. The molecular weight excluding hydrogens is 473 g/mol. The van der Waals surface area contributed by atoms with Gasteiger partial charge in [0, 0.05) is 30.5 Å². The van der Waals surface area contributed by atoms with Gasteiger partial charge in [-0.05, 0) is 43.0 Å². The van der Waals surface area contributed by atoms with Gasteiger partial charge in [0.05, 0.1) is 4.91 Å². The summed E-state index contributed by atoms with van der Waals surface area (Å²) in [5.74, 6) is 2.53. The van der Waals surface area contributed by atoms with Crippen molar-refractivity contribution in [2.24, 2.45) is 0 Å². The zero-order valence-electron chi connectivity index (χ0n) is 17.0. The highest BCUT2D eigenvalue weighted by Crippen LogP contribution is 2.40. The summed E-state index contributed by atoms with van der Waals surface area (Å²) in [6.07, 6.45) is 6.82. The highest BCUT2D eigenvalue weighted by Gasteiger charge is 2.31. The average Bonchev–Trinajstić information content (AvgIpc) is 3.49. The minimum atomic E-state index is -0.131. The molecule has 2 saturated heterocycles. The molecule has 1 unspecified atom stereocenters. The number of hydrogen-bond acceptors (Lipinski definition) is 8. The van der Waals surface area contributed by atoms with E-state index in [2.05, 4.69) is 5.32 Å². The molecule has 1 N–H and O–H groups in total. The lowest BCUT2D eigenvalue weighted by molar-refractivity contribution is -0.124. The predicted molar refractivity (Wildman–Crippen MR) is 132 cm³/mol. The molecular formula is C21H24N2O4S4. The maximum Gasteiger partial charge on any atom is 0.266 e. The second-order valence-corrected chi connectivity index (χ2v) is 11.8. The minimum absolute atomic E-state index is 0.0368. The molecule has 3 aliphatic heterocycles. The number of unbranched alkanes of at least 4 members (excludes halogenated alkanes) is 1. The van der Waals surface area contributed by atoms with Gasteiger partial charge < -0.3 is 14.8 Å². The monoisotopic (exact) mass is 496 g/mol. The number of nitrogens with zero attached hydrogens (tertiary/aromatic N) is 1. The van der Waals surface area contributed by atoms with Gasteiger partial charge in [-0.2, -0.15) is 0 Å². The van der Waals surface area contributed by atoms with Crippen molar-refractivity contribution in [1.82, 2.24) is 10.2 Å². The number of amides is 2. The fourth-order valence-corrected chi connectivity index (χ4v) is 7.80. The van der Waals surface area contributed by atoms with Crippen molar-refractivity contribution in [3.63, 3.8) is 0 Å². The van der Waals surface area contributed by atoms with Crippen LogP contribution in [0.5, 0.6) is 11.5 Å². The van der Waals surface area contributed by atoms with Crippen LogP contribution in [0.3, 0.4) is 0 Å². The van der Waals surface area contributed by atoms with E-state index >= 15 is 0 Å². The standard InChI is InChI=1S/C21H24N2O4S4/c24-19(4-2-1-3-15-7-10-29-31-15)22-8-9-23-20(25)18(30-21(23)28)12-14-5-6-16-17(11-14)27-13-26-16/h5-6,11-12,15H,1-4,7-10,13H2,(H,22,24). The predicted octanol–water partition coefficient (Wildman–Crippen LogP) is 4.45. The van der Waals surface area contributed by atoms with E-state index in [4.69, 9.17) is 21.7 Å². The Labute approximate surface area is 199 Å². The maximum absolute atomic E-state index is 12.7. The van der Waals surface area contributed by atoms with Crippen LogP contribution in [0.1, 0.15) is 37.7 Å². The van der Waals surface area contributed by atoms with Crippen molar-refractivity contribution in [1.29, 1.82) is 0 Å². The Balaban J connectivity index is 1.20. The number of benzene rings is 1. The van der Waals surface area contributed by atoms with Crippen molar-refractivity contribution >= 4 is 67.8 Å². The molecule has 0 aliphatic carbocycles. The van der Waals surface area contributed by atoms with Crippen LogP contribution >= 0.6 is 45.6 Å². The fourth-order valence-electron chi connectivity index (χ4n) is 3.46. The van der Waals surface area contributed by atoms with Gasteiger partial charge in [0.15, 0.2) is 11.5 Å². The number of carbonyl (C=O) groups is 2. The molecule has 0 aromatic heterocycles. The van der Waals surface area contributed by atoms with E-state index < -0.39 is 0 Å². The largest absolute Gasteiger partial charge is 0.454 e. The highest BCUT2D eigenvalue weighted by atomic mass is 33.1. The highest BCUT2D eigenvalue weighted by molar-refractivity contribution is 8.77. The minimum Gasteiger partial charge on any atom is -0.454 e. The third-order valence-electron chi connectivity index (χ3n) is 5.13. The Morgan fingerprint density at radius 3 is 3.00 bits per heavy atom. The first kappa shape index (κ1) is 22.8. The normalized spacial score (nSPS) is 21.4. The van der Waals surface area contributed by atoms with Crippen molar-refractivity contribution in [2.45, 2.75) is 37.4 Å². The number of rotatable bonds is 9. The third kappa shape index (κ3) is 6.12. The van der Waals surface area contributed by atoms with Gasteiger partial charge >= 0.3 is 0 Å². The third-order valence-corrected chi connectivity index (χ3v) is 9.52. The summed E-state index contributed by atoms with van der Waals surface area (Å²) in [6, 6.07) is 5.56. The van der Waals surface area contributed by atoms with Gasteiger partial charge in [-0.25, -0.2) is 0 Å². The second kappa shape index (κ2) is 11.0. The van der Waals surface area contributed by atoms with Gasteiger partial charge in [-0.15, -0.1) is 0 Å². The summed E-state index contributed by atoms with van der Waals surface area (Å²) in [4.78, 5) is 26.9. The molecule has 31 heavy (non-hydrogen) atoms. The van der Waals surface area contributed by atoms with Crippen LogP contribution in [-0.2, 0) is 9.59 Å². The summed E-state index contributed by atoms with van der Waals surface area (Å²) < 4.78 is 11.2. The van der Waals surface area contributed by atoms with Crippen molar-refractivity contribution in [2.75, 3.05) is 25.6 Å². The number of ether oxygens (including phenoxy) is 2. The summed E-state index contributed by atoms with van der Waals surface area (Å²) in [6.45, 7) is 0.994. The molecule has 10 heteroatoms. The number of hydrogen-bond donors (Lipinski definition) is 1. The Morgan fingerprint density at radius 2 is 2.16 bits per heavy atom. The molecule has 166 valence electrons. The smallest absolute Gasteiger partial charge is 0.266 e. The van der Waals surface area contributed by atoms with Gasteiger partial charge in [-0.1, -0.05) is 58.1 Å². The average molecular weight is 497 g/mol. The molecule has 1 atom stereocenters. The molecule has 0 spiro atoms. The van der Waals surface area contributed by atoms with Crippen LogP contribution in [0, 0.1) is 0 Å². The van der Waals surface area contributed by atoms with Crippen LogP contribution < -0.4 is 14.8 Å². The lowest BCUT2D eigenvalue weighted by Crippen LogP contribution is -2.37. The van der Waals surface area contributed by atoms with Gasteiger partial charge in [-0.3, -0.25) is 14.5 Å². The molecule has 3 aliphatic rings. The molecule has 0 radical (unpaired) electrons. The Hall–Kier alpha value is -1.36. The van der Waals surface area contributed by atoms with Crippen LogP contribution in [0.15, 0.2) is 23.1 Å². The van der Waals surface area contributed by atoms with Gasteiger partial charge in [0.25, 0.3) is 5.91 Å². The Kier molecular flexibility index (Phi) is 8.08. The first-order valence-electron chi connectivity index (χ1n) is 10.3. The zero-order chi connectivity index (χ0) is 21.6. The molecule has 3 heterocycles. The van der Waals surface area contributed by atoms with Crippen molar-refractivity contribution in [3.05, 3.63) is 28.7 Å². The summed E-state index contributed by atoms with van der Waals surface area (Å²) >= 11 is 6.65. The SMILES string of the molecule is O=C(CCCCC1CCSS1)NCCN1C(=O)C(=Cc2ccc3c(c2)OCO3)SC1=S. The molecule has 6 nitrogen and oxygen atoms in total. The van der Waals surface area contributed by atoms with E-state index in [-0.39, 0.29) is 18.6 Å². The summed E-state index contributed by atoms with van der Waals surface area (Å²) in [7, 11) is 3.94. The fraction of sp³-hybridized carbons (Fsp3) is 0.476. The number of thiocarbonyl (C=S) groups is 1. The van der Waals surface area contributed by atoms with Gasteiger partial charge in [0.2, 0.25) is 12.7 Å². The first-order chi connectivity index (χ1) is 15.1. The van der Waals surface area contributed by atoms with Crippen LogP contribution in [0.25, 0.3) is 6.08 Å². The van der Waals surface area contributed by atoms with E-state index in [1.807, 2.05) is 39.8 Å². The number of carbonyl (C=O) groups excluding carboxylic acids is 2. The second-order valence-electron chi connectivity index (χ2n) is 7.37. The summed E-state index contributed by atoms with van der Waals surface area (Å²) in [5, 5.41) is 3.67. The lowest BCUT2D eigenvalue weighted by Gasteiger charge is -2.15. The molecule has 2 fully saturated rings.